The van der Waals surface area contributed by atoms with Crippen LogP contribution in [-0.4, -0.2) is 45.8 Å². The predicted molar refractivity (Wildman–Crippen MR) is 198 cm³/mol. The van der Waals surface area contributed by atoms with Crippen LogP contribution < -0.4 is 0 Å². The first kappa shape index (κ1) is 29.8. The van der Waals surface area contributed by atoms with Crippen molar-refractivity contribution in [2.24, 2.45) is 0 Å². The number of rotatable bonds is 3. The molecule has 1 aromatic heterocycles. The fourth-order valence-electron chi connectivity index (χ4n) is 7.40. The van der Waals surface area contributed by atoms with Gasteiger partial charge in [0.05, 0.1) is 0 Å². The number of aromatic amines is 1. The molecule has 8 aromatic carbocycles. The molecule has 9 rings (SSSR count). The van der Waals surface area contributed by atoms with E-state index in [4.69, 9.17) is 0 Å². The quantitative estimate of drug-likeness (QED) is 0.0506. The Kier molecular flexibility index (Phi) is 6.21. The Balaban J connectivity index is 1.32. The summed E-state index contributed by atoms with van der Waals surface area (Å²) in [5.41, 5.74) is 4.43. The highest BCUT2D eigenvalue weighted by Gasteiger charge is 2.32. The maximum Gasteiger partial charge on any atom is 0.204 e. The van der Waals surface area contributed by atoms with Gasteiger partial charge in [0.1, 0.15) is 0 Å². The highest BCUT2D eigenvalue weighted by Crippen LogP contribution is 2.61. The first-order valence-electron chi connectivity index (χ1n) is 16.0. The molecule has 0 aliphatic rings. The molecule has 0 unspecified atom stereocenters. The van der Waals surface area contributed by atoms with Gasteiger partial charge in [0.15, 0.2) is 23.0 Å². The number of nitrogens with one attached hydrogen (secondary N) is 1. The van der Waals surface area contributed by atoms with Crippen molar-refractivity contribution in [2.45, 2.75) is 0 Å². The van der Waals surface area contributed by atoms with Gasteiger partial charge in [0.25, 0.3) is 0 Å². The minimum absolute atomic E-state index is 0.00334. The second kappa shape index (κ2) is 10.6. The lowest BCUT2D eigenvalue weighted by Crippen LogP contribution is -1.94. The fraction of sp³-hybridized carbons (Fsp3) is 0. The summed E-state index contributed by atoms with van der Waals surface area (Å²) in [7, 11) is 0. The number of aromatic nitrogens is 1. The zero-order chi connectivity index (χ0) is 35.3. The van der Waals surface area contributed by atoms with Crippen molar-refractivity contribution in [2.75, 3.05) is 0 Å². The maximum atomic E-state index is 11.4. The Morgan fingerprint density at radius 3 is 1.25 bits per heavy atom. The zero-order valence-corrected chi connectivity index (χ0v) is 26.5. The zero-order valence-electron chi connectivity index (χ0n) is 26.5. The van der Waals surface area contributed by atoms with Crippen molar-refractivity contribution in [3.8, 4) is 79.4 Å². The van der Waals surface area contributed by atoms with E-state index in [0.29, 0.717) is 11.1 Å². The largest absolute Gasteiger partial charge is 0.504 e. The highest BCUT2D eigenvalue weighted by molar-refractivity contribution is 6.29. The van der Waals surface area contributed by atoms with Crippen molar-refractivity contribution in [3.63, 3.8) is 0 Å². The van der Waals surface area contributed by atoms with E-state index in [0.717, 1.165) is 43.7 Å². The third-order valence-corrected chi connectivity index (χ3v) is 9.83. The van der Waals surface area contributed by atoms with E-state index in [2.05, 4.69) is 35.3 Å². The van der Waals surface area contributed by atoms with Crippen molar-refractivity contribution in [3.05, 3.63) is 109 Å². The molecule has 0 bridgehead atoms. The molecule has 51 heavy (non-hydrogen) atoms. The Labute approximate surface area is 288 Å². The van der Waals surface area contributed by atoms with Crippen molar-refractivity contribution in [1.29, 1.82) is 0 Å². The van der Waals surface area contributed by atoms with E-state index >= 15 is 0 Å². The lowest BCUT2D eigenvalue weighted by Gasteiger charge is -2.22. The van der Waals surface area contributed by atoms with Crippen LogP contribution in [0.5, 0.6) is 46.0 Å². The molecule has 248 valence electrons. The van der Waals surface area contributed by atoms with Gasteiger partial charge in [0.2, 0.25) is 23.0 Å². The molecular formula is C42H27NO8. The number of phenols is 8. The molecule has 0 saturated carbocycles. The number of H-pyrrole nitrogens is 1. The van der Waals surface area contributed by atoms with Gasteiger partial charge in [-0.1, -0.05) is 84.9 Å². The van der Waals surface area contributed by atoms with Crippen molar-refractivity contribution >= 4 is 54.1 Å². The summed E-state index contributed by atoms with van der Waals surface area (Å²) >= 11 is 0. The van der Waals surface area contributed by atoms with Crippen LogP contribution in [0, 0.1) is 0 Å². The molecule has 0 amide bonds. The average Bonchev–Trinajstić information content (AvgIpc) is 3.52. The Morgan fingerprint density at radius 2 is 0.725 bits per heavy atom. The molecule has 0 aliphatic carbocycles. The van der Waals surface area contributed by atoms with Crippen molar-refractivity contribution in [1.82, 2.24) is 4.98 Å². The first-order valence-corrected chi connectivity index (χ1v) is 16.0. The molecular weight excluding hydrogens is 646 g/mol. The summed E-state index contributed by atoms with van der Waals surface area (Å²) in [6, 6.07) is 33.9. The van der Waals surface area contributed by atoms with Gasteiger partial charge in [-0.3, -0.25) is 0 Å². The minimum atomic E-state index is -1.01. The van der Waals surface area contributed by atoms with Gasteiger partial charge >= 0.3 is 0 Å². The monoisotopic (exact) mass is 673 g/mol. The lowest BCUT2D eigenvalue weighted by molar-refractivity contribution is 0.350. The Bertz CT molecular complexity index is 2850. The molecule has 0 fully saturated rings. The summed E-state index contributed by atoms with van der Waals surface area (Å²) in [5.74, 6) is -7.30. The van der Waals surface area contributed by atoms with E-state index in [1.165, 1.54) is 0 Å². The van der Waals surface area contributed by atoms with Gasteiger partial charge in [-0.05, 0) is 57.3 Å². The van der Waals surface area contributed by atoms with Gasteiger partial charge in [-0.25, -0.2) is 0 Å². The second-order valence-electron chi connectivity index (χ2n) is 12.6. The average molecular weight is 674 g/mol. The molecule has 9 N–H and O–H groups in total. The molecule has 9 aromatic rings. The van der Waals surface area contributed by atoms with E-state index < -0.39 is 46.0 Å². The van der Waals surface area contributed by atoms with Crippen molar-refractivity contribution < 1.29 is 40.9 Å². The summed E-state index contributed by atoms with van der Waals surface area (Å²) in [6.07, 6.45) is 0. The molecule has 0 radical (unpaired) electrons. The number of aromatic hydroxyl groups is 8. The van der Waals surface area contributed by atoms with Gasteiger partial charge in [-0.2, -0.15) is 0 Å². The van der Waals surface area contributed by atoms with E-state index in [1.807, 2.05) is 36.4 Å². The maximum absolute atomic E-state index is 11.4. The Hall–Kier alpha value is -7.26. The summed E-state index contributed by atoms with van der Waals surface area (Å²) in [4.78, 5) is 3.50. The lowest BCUT2D eigenvalue weighted by atomic mass is 9.83. The second-order valence-corrected chi connectivity index (χ2v) is 12.6. The van der Waals surface area contributed by atoms with E-state index in [-0.39, 0.29) is 32.7 Å². The number of hydrogen-bond acceptors (Lipinski definition) is 8. The number of benzene rings is 8. The minimum Gasteiger partial charge on any atom is -0.504 e. The molecule has 1 heterocycles. The van der Waals surface area contributed by atoms with Crippen LogP contribution in [0.2, 0.25) is 0 Å². The molecule has 0 saturated heterocycles. The van der Waals surface area contributed by atoms with Crippen LogP contribution in [0.3, 0.4) is 0 Å². The molecule has 0 atom stereocenters. The molecule has 9 nitrogen and oxygen atoms in total. The Morgan fingerprint density at radius 1 is 0.314 bits per heavy atom. The first-order chi connectivity index (χ1) is 24.6. The number of hydrogen-bond donors (Lipinski definition) is 9. The summed E-state index contributed by atoms with van der Waals surface area (Å²) < 4.78 is 0. The smallest absolute Gasteiger partial charge is 0.204 e. The van der Waals surface area contributed by atoms with Crippen LogP contribution in [0.4, 0.5) is 0 Å². The fourth-order valence-corrected chi connectivity index (χ4v) is 7.40. The van der Waals surface area contributed by atoms with E-state index in [9.17, 15) is 40.9 Å². The summed E-state index contributed by atoms with van der Waals surface area (Å²) in [5, 5.41) is 92.0. The third kappa shape index (κ3) is 4.15. The number of fused-ring (bicyclic) bond motifs is 6. The summed E-state index contributed by atoms with van der Waals surface area (Å²) in [6.45, 7) is 0. The molecule has 0 aliphatic heterocycles. The van der Waals surface area contributed by atoms with E-state index in [1.54, 1.807) is 42.5 Å². The number of phenolic OH excluding ortho intramolecular Hbond substituents is 8. The molecule has 0 spiro atoms. The van der Waals surface area contributed by atoms with Crippen LogP contribution in [0.15, 0.2) is 109 Å². The standard InChI is InChI=1S/C42H27NO8/c44-35-31-29(20-6-2-1-3-7-20)32-34(38(47)42(51)40(49)36(32)45)30(33(31)37(46)41(50)39(35)48)21-12-10-19(11-13-21)24-14-15-27-25(17-24)26-16-22-8-4-5-9-23(22)18-28(26)43-27/h1-18,43-51H. The molecule has 9 heteroatoms. The van der Waals surface area contributed by atoms with Crippen LogP contribution in [0.1, 0.15) is 0 Å². The third-order valence-electron chi connectivity index (χ3n) is 9.83. The van der Waals surface area contributed by atoms with Crippen LogP contribution >= 0.6 is 0 Å². The highest BCUT2D eigenvalue weighted by atomic mass is 16.4. The van der Waals surface area contributed by atoms with Crippen LogP contribution in [-0.2, 0) is 0 Å². The van der Waals surface area contributed by atoms with Gasteiger partial charge in [0, 0.05) is 54.5 Å². The SMILES string of the molecule is Oc1c(O)c(O)c2c(-c3ccc(-c4ccc5[nH]c6cc7ccccc7cc6c5c4)cc3)c3c(O)c(O)c(O)c(O)c3c(-c3ccccc3)c2c1O. The van der Waals surface area contributed by atoms with Gasteiger partial charge < -0.3 is 45.8 Å². The van der Waals surface area contributed by atoms with Gasteiger partial charge in [-0.15, -0.1) is 0 Å². The topological polar surface area (TPSA) is 178 Å². The predicted octanol–water partition coefficient (Wildman–Crippen LogP) is 9.43. The van der Waals surface area contributed by atoms with Crippen LogP contribution in [0.25, 0.3) is 87.5 Å². The normalized spacial score (nSPS) is 11.8.